The van der Waals surface area contributed by atoms with Crippen molar-refractivity contribution < 1.29 is 13.3 Å². The van der Waals surface area contributed by atoms with E-state index in [2.05, 4.69) is 15.2 Å². The summed E-state index contributed by atoms with van der Waals surface area (Å²) in [5.41, 5.74) is 1.60. The number of oxazole rings is 1. The third kappa shape index (κ3) is 2.43. The average molecular weight is 299 g/mol. The topological polar surface area (TPSA) is 78.1 Å². The standard InChI is InChI=1S/C14H9N3O3S/c1-2-5-10-9(4-1)15-14(19-10)21-8-12-16-17-13(20-12)11-6-3-7-18-11/h1-7H,8H2. The summed E-state index contributed by atoms with van der Waals surface area (Å²) in [6, 6.07) is 11.2. The maximum atomic E-state index is 5.61. The van der Waals surface area contributed by atoms with E-state index >= 15 is 0 Å². The van der Waals surface area contributed by atoms with E-state index < -0.39 is 0 Å². The summed E-state index contributed by atoms with van der Waals surface area (Å²) in [5, 5.41) is 8.49. The normalized spacial score (nSPS) is 11.2. The van der Waals surface area contributed by atoms with E-state index in [1.54, 1.807) is 18.4 Å². The minimum absolute atomic E-state index is 0.369. The fourth-order valence-electron chi connectivity index (χ4n) is 1.85. The van der Waals surface area contributed by atoms with E-state index in [0.717, 1.165) is 11.1 Å². The molecule has 0 saturated carbocycles. The summed E-state index contributed by atoms with van der Waals surface area (Å²) in [6.07, 6.45) is 1.56. The van der Waals surface area contributed by atoms with Crippen LogP contribution in [0.3, 0.4) is 0 Å². The van der Waals surface area contributed by atoms with Crippen molar-refractivity contribution in [3.63, 3.8) is 0 Å². The Kier molecular flexibility index (Phi) is 2.97. The summed E-state index contributed by atoms with van der Waals surface area (Å²) < 4.78 is 16.3. The predicted octanol–water partition coefficient (Wildman–Crippen LogP) is 3.76. The Morgan fingerprint density at radius 3 is 2.81 bits per heavy atom. The van der Waals surface area contributed by atoms with Crippen molar-refractivity contribution in [1.29, 1.82) is 0 Å². The molecule has 0 N–H and O–H groups in total. The number of fused-ring (bicyclic) bond motifs is 1. The number of para-hydroxylation sites is 2. The van der Waals surface area contributed by atoms with Gasteiger partial charge in [-0.3, -0.25) is 0 Å². The third-order valence-corrected chi connectivity index (χ3v) is 3.61. The van der Waals surface area contributed by atoms with E-state index in [-0.39, 0.29) is 0 Å². The number of benzene rings is 1. The van der Waals surface area contributed by atoms with E-state index in [1.165, 1.54) is 11.8 Å². The van der Waals surface area contributed by atoms with Crippen LogP contribution in [0.5, 0.6) is 0 Å². The van der Waals surface area contributed by atoms with Gasteiger partial charge >= 0.3 is 0 Å². The van der Waals surface area contributed by atoms with Crippen LogP contribution in [0, 0.1) is 0 Å². The third-order valence-electron chi connectivity index (χ3n) is 2.79. The van der Waals surface area contributed by atoms with Gasteiger partial charge in [0.2, 0.25) is 5.89 Å². The molecule has 0 aliphatic carbocycles. The van der Waals surface area contributed by atoms with Crippen molar-refractivity contribution >= 4 is 22.9 Å². The van der Waals surface area contributed by atoms with E-state index in [0.29, 0.717) is 28.5 Å². The van der Waals surface area contributed by atoms with Crippen LogP contribution in [0.25, 0.3) is 22.8 Å². The molecule has 0 fully saturated rings. The highest BCUT2D eigenvalue weighted by molar-refractivity contribution is 7.98. The Labute approximate surface area is 123 Å². The molecule has 104 valence electrons. The van der Waals surface area contributed by atoms with Gasteiger partial charge in [-0.05, 0) is 24.3 Å². The molecule has 3 aromatic heterocycles. The van der Waals surface area contributed by atoms with Gasteiger partial charge < -0.3 is 13.3 Å². The van der Waals surface area contributed by atoms with Gasteiger partial charge in [-0.25, -0.2) is 4.98 Å². The molecule has 0 aliphatic rings. The molecule has 6 nitrogen and oxygen atoms in total. The number of hydrogen-bond donors (Lipinski definition) is 0. The second-order valence-electron chi connectivity index (χ2n) is 4.21. The smallest absolute Gasteiger partial charge is 0.283 e. The minimum atomic E-state index is 0.369. The second-order valence-corrected chi connectivity index (χ2v) is 5.14. The van der Waals surface area contributed by atoms with Crippen molar-refractivity contribution in [2.75, 3.05) is 0 Å². The van der Waals surface area contributed by atoms with Crippen LogP contribution in [0.2, 0.25) is 0 Å². The second kappa shape index (κ2) is 5.10. The zero-order chi connectivity index (χ0) is 14.1. The molecule has 0 amide bonds. The lowest BCUT2D eigenvalue weighted by atomic mass is 10.3. The van der Waals surface area contributed by atoms with Crippen molar-refractivity contribution in [2.24, 2.45) is 0 Å². The van der Waals surface area contributed by atoms with Crippen LogP contribution < -0.4 is 0 Å². The number of aromatic nitrogens is 3. The van der Waals surface area contributed by atoms with Gasteiger partial charge in [0.05, 0.1) is 12.0 Å². The van der Waals surface area contributed by atoms with Crippen molar-refractivity contribution in [3.8, 4) is 11.7 Å². The first-order valence-electron chi connectivity index (χ1n) is 6.23. The lowest BCUT2D eigenvalue weighted by Crippen LogP contribution is -1.80. The summed E-state index contributed by atoms with van der Waals surface area (Å²) >= 11 is 1.41. The molecule has 0 bridgehead atoms. The molecule has 3 heterocycles. The maximum absolute atomic E-state index is 5.61. The Morgan fingerprint density at radius 1 is 1.00 bits per heavy atom. The van der Waals surface area contributed by atoms with Gasteiger partial charge in [0.25, 0.3) is 11.1 Å². The highest BCUT2D eigenvalue weighted by Crippen LogP contribution is 2.27. The Hall–Kier alpha value is -2.54. The molecule has 4 rings (SSSR count). The monoisotopic (exact) mass is 299 g/mol. The molecule has 0 spiro atoms. The van der Waals surface area contributed by atoms with Crippen LogP contribution in [0.15, 0.2) is 61.1 Å². The number of rotatable bonds is 4. The first kappa shape index (κ1) is 12.2. The highest BCUT2D eigenvalue weighted by atomic mass is 32.2. The molecule has 21 heavy (non-hydrogen) atoms. The number of furan rings is 1. The van der Waals surface area contributed by atoms with Gasteiger partial charge in [0.1, 0.15) is 5.52 Å². The van der Waals surface area contributed by atoms with Gasteiger partial charge in [0.15, 0.2) is 11.3 Å². The lowest BCUT2D eigenvalue weighted by Gasteiger charge is -1.90. The molecule has 7 heteroatoms. The Morgan fingerprint density at radius 2 is 1.95 bits per heavy atom. The predicted molar refractivity (Wildman–Crippen MR) is 75.6 cm³/mol. The number of thioether (sulfide) groups is 1. The zero-order valence-corrected chi connectivity index (χ0v) is 11.5. The lowest BCUT2D eigenvalue weighted by molar-refractivity contribution is 0.482. The molecule has 0 saturated heterocycles. The van der Waals surface area contributed by atoms with Crippen molar-refractivity contribution in [2.45, 2.75) is 11.0 Å². The minimum Gasteiger partial charge on any atom is -0.459 e. The average Bonchev–Trinajstić information content (AvgIpc) is 3.23. The van der Waals surface area contributed by atoms with E-state index in [1.807, 2.05) is 24.3 Å². The fraction of sp³-hybridized carbons (Fsp3) is 0.0714. The van der Waals surface area contributed by atoms with Crippen LogP contribution in [0.4, 0.5) is 0 Å². The summed E-state index contributed by atoms with van der Waals surface area (Å²) in [6.45, 7) is 0. The van der Waals surface area contributed by atoms with Gasteiger partial charge in [0, 0.05) is 0 Å². The van der Waals surface area contributed by atoms with Crippen LogP contribution in [-0.2, 0) is 5.75 Å². The SMILES string of the molecule is c1coc(-c2nnc(CSc3nc4ccccc4o3)o2)c1. The van der Waals surface area contributed by atoms with E-state index in [4.69, 9.17) is 13.3 Å². The largest absolute Gasteiger partial charge is 0.459 e. The number of hydrogen-bond acceptors (Lipinski definition) is 7. The fourth-order valence-corrected chi connectivity index (χ4v) is 2.52. The van der Waals surface area contributed by atoms with Gasteiger partial charge in [-0.2, -0.15) is 0 Å². The first-order valence-corrected chi connectivity index (χ1v) is 7.22. The van der Waals surface area contributed by atoms with Crippen molar-refractivity contribution in [1.82, 2.24) is 15.2 Å². The molecule has 0 atom stereocenters. The van der Waals surface area contributed by atoms with Gasteiger partial charge in [-0.1, -0.05) is 23.9 Å². The van der Waals surface area contributed by atoms with Crippen LogP contribution in [0.1, 0.15) is 5.89 Å². The van der Waals surface area contributed by atoms with Crippen molar-refractivity contribution in [3.05, 3.63) is 48.6 Å². The molecule has 1 aromatic carbocycles. The number of nitrogens with zero attached hydrogens (tertiary/aromatic N) is 3. The molecule has 0 radical (unpaired) electrons. The maximum Gasteiger partial charge on any atom is 0.283 e. The zero-order valence-electron chi connectivity index (χ0n) is 10.7. The van der Waals surface area contributed by atoms with Crippen LogP contribution >= 0.6 is 11.8 Å². The summed E-state index contributed by atoms with van der Waals surface area (Å²) in [5.74, 6) is 1.91. The first-order chi connectivity index (χ1) is 10.4. The summed E-state index contributed by atoms with van der Waals surface area (Å²) in [7, 11) is 0. The van der Waals surface area contributed by atoms with Gasteiger partial charge in [-0.15, -0.1) is 10.2 Å². The van der Waals surface area contributed by atoms with Crippen LogP contribution in [-0.4, -0.2) is 15.2 Å². The Balaban J connectivity index is 1.49. The molecular weight excluding hydrogens is 290 g/mol. The highest BCUT2D eigenvalue weighted by Gasteiger charge is 2.12. The van der Waals surface area contributed by atoms with E-state index in [9.17, 15) is 0 Å². The quantitative estimate of drug-likeness (QED) is 0.531. The molecule has 4 aromatic rings. The Bertz CT molecular complexity index is 834. The summed E-state index contributed by atoms with van der Waals surface area (Å²) in [4.78, 5) is 4.37. The molecule has 0 aliphatic heterocycles. The molecule has 0 unspecified atom stereocenters. The molecular formula is C14H9N3O3S.